The van der Waals surface area contributed by atoms with E-state index in [0.29, 0.717) is 6.54 Å². The number of nitrogens with zero attached hydrogens (tertiary/aromatic N) is 2. The fourth-order valence-corrected chi connectivity index (χ4v) is 4.13. The summed E-state index contributed by atoms with van der Waals surface area (Å²) >= 11 is 1.69. The molecule has 2 heterocycles. The summed E-state index contributed by atoms with van der Waals surface area (Å²) in [6.07, 6.45) is 4.99. The monoisotopic (exact) mass is 312 g/mol. The van der Waals surface area contributed by atoms with Gasteiger partial charge in [-0.15, -0.1) is 11.3 Å². The molecule has 0 radical (unpaired) electrons. The molecule has 0 aliphatic heterocycles. The van der Waals surface area contributed by atoms with Gasteiger partial charge in [-0.3, -0.25) is 9.36 Å². The third-order valence-electron chi connectivity index (χ3n) is 3.89. The van der Waals surface area contributed by atoms with Gasteiger partial charge in [0.1, 0.15) is 4.83 Å². The van der Waals surface area contributed by atoms with E-state index in [1.165, 1.54) is 16.9 Å². The lowest BCUT2D eigenvalue weighted by Crippen LogP contribution is -2.21. The molecular formula is C18H20N2OS. The highest BCUT2D eigenvalue weighted by atomic mass is 32.1. The lowest BCUT2D eigenvalue weighted by Gasteiger charge is -2.05. The smallest absolute Gasteiger partial charge is 0.262 e. The summed E-state index contributed by atoms with van der Waals surface area (Å²) in [5, 5.41) is 0.862. The highest BCUT2D eigenvalue weighted by molar-refractivity contribution is 7.18. The maximum absolute atomic E-state index is 12.7. The molecule has 3 aromatic rings. The van der Waals surface area contributed by atoms with Crippen LogP contribution in [0.4, 0.5) is 0 Å². The molecule has 0 saturated heterocycles. The zero-order chi connectivity index (χ0) is 15.5. The van der Waals surface area contributed by atoms with Gasteiger partial charge in [0.05, 0.1) is 18.3 Å². The largest absolute Gasteiger partial charge is 0.294 e. The molecule has 1 aliphatic carbocycles. The molecule has 0 amide bonds. The van der Waals surface area contributed by atoms with Gasteiger partial charge in [-0.25, -0.2) is 4.98 Å². The highest BCUT2D eigenvalue weighted by Gasteiger charge is 2.21. The fourth-order valence-electron chi connectivity index (χ4n) is 2.91. The maximum atomic E-state index is 12.7. The second-order valence-corrected chi connectivity index (χ2v) is 6.28. The number of hydrogen-bond acceptors (Lipinski definition) is 3. The van der Waals surface area contributed by atoms with E-state index in [4.69, 9.17) is 0 Å². The highest BCUT2D eigenvalue weighted by Crippen LogP contribution is 2.34. The molecule has 1 aliphatic rings. The Morgan fingerprint density at radius 3 is 2.73 bits per heavy atom. The number of rotatable bonds is 2. The van der Waals surface area contributed by atoms with Crippen molar-refractivity contribution in [2.24, 2.45) is 0 Å². The van der Waals surface area contributed by atoms with Crippen molar-refractivity contribution >= 4 is 21.6 Å². The molecule has 114 valence electrons. The molecule has 22 heavy (non-hydrogen) atoms. The van der Waals surface area contributed by atoms with E-state index >= 15 is 0 Å². The summed E-state index contributed by atoms with van der Waals surface area (Å²) in [5.74, 6) is 0. The minimum absolute atomic E-state index is 0.109. The topological polar surface area (TPSA) is 34.9 Å². The summed E-state index contributed by atoms with van der Waals surface area (Å²) in [6.45, 7) is 4.59. The summed E-state index contributed by atoms with van der Waals surface area (Å²) in [5.41, 5.74) is 2.49. The molecule has 1 aromatic carbocycles. The van der Waals surface area contributed by atoms with Crippen molar-refractivity contribution in [3.8, 4) is 0 Å². The Kier molecular flexibility index (Phi) is 4.39. The van der Waals surface area contributed by atoms with Gasteiger partial charge in [0.15, 0.2) is 0 Å². The maximum Gasteiger partial charge on any atom is 0.262 e. The quantitative estimate of drug-likeness (QED) is 0.716. The predicted octanol–water partition coefficient (Wildman–Crippen LogP) is 4.02. The van der Waals surface area contributed by atoms with E-state index in [1.54, 1.807) is 22.2 Å². The van der Waals surface area contributed by atoms with Crippen molar-refractivity contribution < 1.29 is 0 Å². The lowest BCUT2D eigenvalue weighted by molar-refractivity contribution is 0.748. The van der Waals surface area contributed by atoms with E-state index in [-0.39, 0.29) is 5.56 Å². The van der Waals surface area contributed by atoms with E-state index in [9.17, 15) is 4.79 Å². The Bertz CT molecular complexity index is 833. The van der Waals surface area contributed by atoms with Crippen LogP contribution in [0, 0.1) is 0 Å². The molecule has 0 N–H and O–H groups in total. The van der Waals surface area contributed by atoms with Gasteiger partial charge < -0.3 is 0 Å². The van der Waals surface area contributed by atoms with Crippen molar-refractivity contribution in [2.75, 3.05) is 0 Å². The average Bonchev–Trinajstić information content (AvgIpc) is 3.14. The first-order valence-corrected chi connectivity index (χ1v) is 8.68. The standard InChI is InChI=1S/C16H14N2OS.C2H6/c19-16-14-12-7-4-8-13(12)20-15(14)17-10-18(16)9-11-5-2-1-3-6-11;1-2/h1-3,5-6,10H,4,7-9H2;1-2H3. The molecular weight excluding hydrogens is 292 g/mol. The summed E-state index contributed by atoms with van der Waals surface area (Å²) in [7, 11) is 0. The minimum atomic E-state index is 0.109. The SMILES string of the molecule is CC.O=c1c2c3c(sc2ncn1Cc1ccccc1)CCC3. The van der Waals surface area contributed by atoms with Gasteiger partial charge >= 0.3 is 0 Å². The van der Waals surface area contributed by atoms with Crippen LogP contribution in [0.5, 0.6) is 0 Å². The van der Waals surface area contributed by atoms with Gasteiger partial charge in [0.2, 0.25) is 0 Å². The van der Waals surface area contributed by atoms with Gasteiger partial charge in [-0.1, -0.05) is 44.2 Å². The molecule has 0 saturated carbocycles. The van der Waals surface area contributed by atoms with Crippen molar-refractivity contribution in [3.63, 3.8) is 0 Å². The molecule has 4 rings (SSSR count). The second-order valence-electron chi connectivity index (χ2n) is 5.20. The summed E-state index contributed by atoms with van der Waals surface area (Å²) in [4.78, 5) is 19.4. The molecule has 2 aromatic heterocycles. The van der Waals surface area contributed by atoms with E-state index < -0.39 is 0 Å². The summed E-state index contributed by atoms with van der Waals surface area (Å²) < 4.78 is 1.73. The number of aromatic nitrogens is 2. The number of hydrogen-bond donors (Lipinski definition) is 0. The van der Waals surface area contributed by atoms with Crippen LogP contribution in [-0.2, 0) is 19.4 Å². The van der Waals surface area contributed by atoms with Crippen LogP contribution in [0.15, 0.2) is 41.5 Å². The minimum Gasteiger partial charge on any atom is -0.294 e. The van der Waals surface area contributed by atoms with Crippen LogP contribution in [-0.4, -0.2) is 9.55 Å². The Labute approximate surface area is 134 Å². The third kappa shape index (κ3) is 2.59. The van der Waals surface area contributed by atoms with E-state index in [0.717, 1.165) is 28.6 Å². The molecule has 0 atom stereocenters. The lowest BCUT2D eigenvalue weighted by atomic mass is 10.2. The van der Waals surface area contributed by atoms with Crippen molar-refractivity contribution in [1.82, 2.24) is 9.55 Å². The Hall–Kier alpha value is -1.94. The zero-order valence-electron chi connectivity index (χ0n) is 13.0. The van der Waals surface area contributed by atoms with E-state index in [2.05, 4.69) is 4.98 Å². The van der Waals surface area contributed by atoms with Crippen molar-refractivity contribution in [2.45, 2.75) is 39.7 Å². The van der Waals surface area contributed by atoms with Gasteiger partial charge in [0.25, 0.3) is 5.56 Å². The molecule has 4 heteroatoms. The average molecular weight is 312 g/mol. The molecule has 3 nitrogen and oxygen atoms in total. The molecule has 0 fully saturated rings. The first kappa shape index (κ1) is 15.0. The first-order chi connectivity index (χ1) is 10.8. The van der Waals surface area contributed by atoms with Crippen molar-refractivity contribution in [3.05, 3.63) is 63.0 Å². The van der Waals surface area contributed by atoms with Crippen LogP contribution < -0.4 is 5.56 Å². The van der Waals surface area contributed by atoms with Crippen LogP contribution in [0.3, 0.4) is 0 Å². The van der Waals surface area contributed by atoms with Gasteiger partial charge in [0, 0.05) is 4.88 Å². The summed E-state index contributed by atoms with van der Waals surface area (Å²) in [6, 6.07) is 10.0. The molecule has 0 spiro atoms. The Morgan fingerprint density at radius 2 is 1.95 bits per heavy atom. The van der Waals surface area contributed by atoms with Gasteiger partial charge in [-0.05, 0) is 30.4 Å². The number of benzene rings is 1. The third-order valence-corrected chi connectivity index (χ3v) is 5.09. The van der Waals surface area contributed by atoms with Crippen LogP contribution in [0.25, 0.3) is 10.2 Å². The van der Waals surface area contributed by atoms with Crippen LogP contribution in [0.1, 0.15) is 36.3 Å². The van der Waals surface area contributed by atoms with Crippen LogP contribution >= 0.6 is 11.3 Å². The van der Waals surface area contributed by atoms with Gasteiger partial charge in [-0.2, -0.15) is 0 Å². The van der Waals surface area contributed by atoms with E-state index in [1.807, 2.05) is 44.2 Å². The predicted molar refractivity (Wildman–Crippen MR) is 92.8 cm³/mol. The van der Waals surface area contributed by atoms with Crippen LogP contribution in [0.2, 0.25) is 0 Å². The number of fused-ring (bicyclic) bond motifs is 3. The zero-order valence-corrected chi connectivity index (χ0v) is 13.8. The second kappa shape index (κ2) is 6.44. The molecule has 0 unspecified atom stereocenters. The fraction of sp³-hybridized carbons (Fsp3) is 0.333. The molecule has 0 bridgehead atoms. The van der Waals surface area contributed by atoms with Crippen molar-refractivity contribution in [1.29, 1.82) is 0 Å². The number of thiophene rings is 1. The normalized spacial score (nSPS) is 12.8. The Morgan fingerprint density at radius 1 is 1.18 bits per heavy atom. The number of aryl methyl sites for hydroxylation is 2. The first-order valence-electron chi connectivity index (χ1n) is 7.86. The Balaban J connectivity index is 0.000000693.